The SMILES string of the molecule is CCN(CC)CCNC(=O)c1c(C)[nH]c(C=C2C(=O)Nc3ccc(-c4cnn(-c5ccc(F)cc5)c4)cc32)c1C. The number of carbonyl (C=O) groups excluding carboxylic acids is 2. The van der Waals surface area contributed by atoms with Crippen molar-refractivity contribution in [1.82, 2.24) is 25.0 Å². The molecule has 4 aromatic rings. The molecular formula is C31H33FN6O2. The van der Waals surface area contributed by atoms with Gasteiger partial charge in [0.15, 0.2) is 0 Å². The lowest BCUT2D eigenvalue weighted by atomic mass is 10.00. The van der Waals surface area contributed by atoms with E-state index in [4.69, 9.17) is 0 Å². The number of aromatic amines is 1. The van der Waals surface area contributed by atoms with E-state index in [-0.39, 0.29) is 17.6 Å². The molecule has 9 heteroatoms. The minimum Gasteiger partial charge on any atom is -0.358 e. The van der Waals surface area contributed by atoms with Crippen LogP contribution in [0.15, 0.2) is 54.9 Å². The summed E-state index contributed by atoms with van der Waals surface area (Å²) in [6.07, 6.45) is 5.41. The summed E-state index contributed by atoms with van der Waals surface area (Å²) >= 11 is 0. The molecule has 40 heavy (non-hydrogen) atoms. The summed E-state index contributed by atoms with van der Waals surface area (Å²) in [7, 11) is 0. The van der Waals surface area contributed by atoms with Crippen molar-refractivity contribution in [3.8, 4) is 16.8 Å². The monoisotopic (exact) mass is 540 g/mol. The van der Waals surface area contributed by atoms with E-state index < -0.39 is 0 Å². The summed E-state index contributed by atoms with van der Waals surface area (Å²) in [6, 6.07) is 11.9. The van der Waals surface area contributed by atoms with Gasteiger partial charge in [0.05, 0.1) is 23.0 Å². The highest BCUT2D eigenvalue weighted by Crippen LogP contribution is 2.37. The first-order valence-corrected chi connectivity index (χ1v) is 13.5. The maximum absolute atomic E-state index is 13.3. The summed E-state index contributed by atoms with van der Waals surface area (Å²) < 4.78 is 15.0. The molecule has 0 saturated carbocycles. The second-order valence-electron chi connectivity index (χ2n) is 9.87. The smallest absolute Gasteiger partial charge is 0.256 e. The first-order chi connectivity index (χ1) is 19.3. The van der Waals surface area contributed by atoms with Gasteiger partial charge in [-0.2, -0.15) is 5.10 Å². The number of anilines is 1. The molecule has 0 saturated heterocycles. The van der Waals surface area contributed by atoms with Crippen LogP contribution in [0.3, 0.4) is 0 Å². The van der Waals surface area contributed by atoms with Crippen LogP contribution in [0.5, 0.6) is 0 Å². The molecule has 0 unspecified atom stereocenters. The maximum atomic E-state index is 13.3. The molecule has 0 spiro atoms. The van der Waals surface area contributed by atoms with Crippen molar-refractivity contribution >= 4 is 29.2 Å². The molecular weight excluding hydrogens is 507 g/mol. The number of benzene rings is 2. The first-order valence-electron chi connectivity index (χ1n) is 13.5. The van der Waals surface area contributed by atoms with E-state index in [1.54, 1.807) is 23.0 Å². The summed E-state index contributed by atoms with van der Waals surface area (Å²) in [4.78, 5) is 31.5. The molecule has 206 valence electrons. The van der Waals surface area contributed by atoms with Gasteiger partial charge in [-0.15, -0.1) is 0 Å². The van der Waals surface area contributed by atoms with E-state index in [9.17, 15) is 14.0 Å². The Morgan fingerprint density at radius 3 is 2.58 bits per heavy atom. The van der Waals surface area contributed by atoms with Gasteiger partial charge in [0, 0.05) is 47.5 Å². The van der Waals surface area contributed by atoms with Crippen LogP contribution in [-0.2, 0) is 4.79 Å². The number of hydrogen-bond donors (Lipinski definition) is 3. The molecule has 0 aliphatic carbocycles. The number of halogens is 1. The zero-order chi connectivity index (χ0) is 28.4. The number of likely N-dealkylation sites (N-methyl/N-ethyl adjacent to an activating group) is 1. The Hall–Kier alpha value is -4.50. The lowest BCUT2D eigenvalue weighted by Crippen LogP contribution is -2.35. The fourth-order valence-electron chi connectivity index (χ4n) is 5.08. The molecule has 2 aromatic heterocycles. The Morgan fingerprint density at radius 1 is 1.10 bits per heavy atom. The molecule has 3 N–H and O–H groups in total. The Bertz CT molecular complexity index is 1590. The van der Waals surface area contributed by atoms with Gasteiger partial charge in [0.2, 0.25) is 0 Å². The van der Waals surface area contributed by atoms with Crippen LogP contribution < -0.4 is 10.6 Å². The number of nitrogens with one attached hydrogen (secondary N) is 3. The van der Waals surface area contributed by atoms with Gasteiger partial charge < -0.3 is 20.5 Å². The van der Waals surface area contributed by atoms with Crippen molar-refractivity contribution in [2.45, 2.75) is 27.7 Å². The van der Waals surface area contributed by atoms with Gasteiger partial charge >= 0.3 is 0 Å². The number of H-pyrrole nitrogens is 1. The van der Waals surface area contributed by atoms with Crippen LogP contribution in [-0.4, -0.2) is 57.7 Å². The largest absolute Gasteiger partial charge is 0.358 e. The molecule has 8 nitrogen and oxygen atoms in total. The average Bonchev–Trinajstić information content (AvgIpc) is 3.63. The van der Waals surface area contributed by atoms with Crippen LogP contribution in [0.2, 0.25) is 0 Å². The number of amides is 2. The van der Waals surface area contributed by atoms with Crippen LogP contribution in [0.25, 0.3) is 28.5 Å². The summed E-state index contributed by atoms with van der Waals surface area (Å²) in [6.45, 7) is 11.2. The molecule has 0 fully saturated rings. The molecule has 0 atom stereocenters. The maximum Gasteiger partial charge on any atom is 0.256 e. The second-order valence-corrected chi connectivity index (χ2v) is 9.87. The number of rotatable bonds is 9. The van der Waals surface area contributed by atoms with Gasteiger partial charge in [0.25, 0.3) is 11.8 Å². The summed E-state index contributed by atoms with van der Waals surface area (Å²) in [5, 5.41) is 10.4. The lowest BCUT2D eigenvalue weighted by molar-refractivity contribution is -0.110. The Morgan fingerprint density at radius 2 is 1.85 bits per heavy atom. The molecule has 3 heterocycles. The minimum absolute atomic E-state index is 0.125. The molecule has 0 bridgehead atoms. The molecule has 1 aliphatic rings. The van der Waals surface area contributed by atoms with E-state index in [1.807, 2.05) is 44.3 Å². The van der Waals surface area contributed by atoms with E-state index >= 15 is 0 Å². The number of nitrogens with zero attached hydrogens (tertiary/aromatic N) is 3. The van der Waals surface area contributed by atoms with Crippen LogP contribution in [0, 0.1) is 19.7 Å². The van der Waals surface area contributed by atoms with Gasteiger partial charge in [-0.25, -0.2) is 9.07 Å². The number of aryl methyl sites for hydroxylation is 1. The van der Waals surface area contributed by atoms with E-state index in [0.29, 0.717) is 17.7 Å². The van der Waals surface area contributed by atoms with Crippen molar-refractivity contribution in [2.24, 2.45) is 0 Å². The Kier molecular flexibility index (Phi) is 7.66. The van der Waals surface area contributed by atoms with E-state index in [2.05, 4.69) is 39.5 Å². The van der Waals surface area contributed by atoms with Crippen LogP contribution >= 0.6 is 0 Å². The van der Waals surface area contributed by atoms with Gasteiger partial charge in [0.1, 0.15) is 5.82 Å². The quantitative estimate of drug-likeness (QED) is 0.255. The van der Waals surface area contributed by atoms with Crippen molar-refractivity contribution < 1.29 is 14.0 Å². The number of aromatic nitrogens is 3. The predicted octanol–water partition coefficient (Wildman–Crippen LogP) is 5.19. The van der Waals surface area contributed by atoms with Gasteiger partial charge in [-0.3, -0.25) is 9.59 Å². The van der Waals surface area contributed by atoms with Gasteiger partial charge in [-0.1, -0.05) is 19.9 Å². The number of hydrogen-bond acceptors (Lipinski definition) is 4. The van der Waals surface area contributed by atoms with E-state index in [0.717, 1.165) is 64.7 Å². The summed E-state index contributed by atoms with van der Waals surface area (Å²) in [5.41, 5.74) is 7.38. The Labute approximate surface area is 232 Å². The lowest BCUT2D eigenvalue weighted by Gasteiger charge is -2.18. The normalized spacial score (nSPS) is 13.7. The second kappa shape index (κ2) is 11.3. The third kappa shape index (κ3) is 5.33. The van der Waals surface area contributed by atoms with E-state index in [1.165, 1.54) is 12.1 Å². The third-order valence-electron chi connectivity index (χ3n) is 7.41. The Balaban J connectivity index is 1.40. The number of fused-ring (bicyclic) bond motifs is 1. The molecule has 0 radical (unpaired) electrons. The van der Waals surface area contributed by atoms with Gasteiger partial charge in [-0.05, 0) is 80.5 Å². The predicted molar refractivity (Wildman–Crippen MR) is 156 cm³/mol. The van der Waals surface area contributed by atoms with Crippen molar-refractivity contribution in [2.75, 3.05) is 31.5 Å². The van der Waals surface area contributed by atoms with Crippen LogP contribution in [0.4, 0.5) is 10.1 Å². The highest BCUT2D eigenvalue weighted by Gasteiger charge is 2.26. The van der Waals surface area contributed by atoms with Crippen molar-refractivity contribution in [1.29, 1.82) is 0 Å². The molecule has 2 aromatic carbocycles. The van der Waals surface area contributed by atoms with Crippen molar-refractivity contribution in [3.63, 3.8) is 0 Å². The zero-order valence-corrected chi connectivity index (χ0v) is 23.1. The number of carbonyl (C=O) groups is 2. The van der Waals surface area contributed by atoms with Crippen molar-refractivity contribution in [3.05, 3.63) is 88.8 Å². The minimum atomic E-state index is -0.304. The fraction of sp³-hybridized carbons (Fsp3) is 0.258. The molecule has 5 rings (SSSR count). The van der Waals surface area contributed by atoms with Crippen LogP contribution in [0.1, 0.15) is 46.7 Å². The highest BCUT2D eigenvalue weighted by molar-refractivity contribution is 6.35. The third-order valence-corrected chi connectivity index (χ3v) is 7.41. The first kappa shape index (κ1) is 27.1. The average molecular weight is 541 g/mol. The highest BCUT2D eigenvalue weighted by atomic mass is 19.1. The summed E-state index contributed by atoms with van der Waals surface area (Å²) in [5.74, 6) is -0.632. The molecule has 1 aliphatic heterocycles. The molecule has 2 amide bonds. The zero-order valence-electron chi connectivity index (χ0n) is 23.1. The fourth-order valence-corrected chi connectivity index (χ4v) is 5.08. The standard InChI is InChI=1S/C31H33FN6O2/c1-5-37(6-2)14-13-33-31(40)29-19(3)28(35-20(29)4)16-26-25-15-21(7-12-27(25)36-30(26)39)22-17-34-38(18-22)24-10-8-23(32)9-11-24/h7-12,15-18,35H,5-6,13-14H2,1-4H3,(H,33,40)(H,36,39). The topological polar surface area (TPSA) is 95.1 Å².